The van der Waals surface area contributed by atoms with E-state index in [1.54, 1.807) is 26.4 Å². The summed E-state index contributed by atoms with van der Waals surface area (Å²) in [6.45, 7) is 1.60. The number of rotatable bonds is 4. The van der Waals surface area contributed by atoms with Crippen LogP contribution >= 0.6 is 0 Å². The van der Waals surface area contributed by atoms with Crippen molar-refractivity contribution in [3.63, 3.8) is 0 Å². The van der Waals surface area contributed by atoms with E-state index in [2.05, 4.69) is 5.32 Å². The van der Waals surface area contributed by atoms with Gasteiger partial charge in [0.05, 0.1) is 20.8 Å². The van der Waals surface area contributed by atoms with Gasteiger partial charge >= 0.3 is 0 Å². The summed E-state index contributed by atoms with van der Waals surface area (Å²) in [5.74, 6) is -1.37. The van der Waals surface area contributed by atoms with Gasteiger partial charge in [0.2, 0.25) is 0 Å². The molecule has 2 aromatic rings. The Morgan fingerprint density at radius 3 is 2.62 bits per heavy atom. The Bertz CT molecular complexity index is 746. The first-order valence-corrected chi connectivity index (χ1v) is 7.90. The number of ether oxygens (including phenoxy) is 2. The molecule has 0 bridgehead atoms. The van der Waals surface area contributed by atoms with Crippen LogP contribution in [0.25, 0.3) is 0 Å². The monoisotopic (exact) mass is 333 g/mol. The minimum absolute atomic E-state index is 0.0858. The minimum atomic E-state index is -2.82. The fourth-order valence-electron chi connectivity index (χ4n) is 3.12. The maximum atomic E-state index is 14.0. The maximum absolute atomic E-state index is 14.0. The molecule has 1 heterocycles. The van der Waals surface area contributed by atoms with Gasteiger partial charge in [0, 0.05) is 24.1 Å². The molecule has 2 aromatic carbocycles. The zero-order chi connectivity index (χ0) is 17.3. The molecule has 0 aliphatic carbocycles. The van der Waals surface area contributed by atoms with Crippen LogP contribution in [0.5, 0.6) is 11.5 Å². The second-order valence-corrected chi connectivity index (χ2v) is 6.08. The molecule has 1 atom stereocenters. The SMILES string of the molecule is COc1ccc(Cc2ccc3c(c2)C(C)NCC3(F)F)c(OC)c1. The molecule has 0 aromatic heterocycles. The van der Waals surface area contributed by atoms with Gasteiger partial charge in [-0.15, -0.1) is 0 Å². The normalized spacial score (nSPS) is 18.8. The zero-order valence-electron chi connectivity index (χ0n) is 14.0. The number of nitrogens with one attached hydrogen (secondary N) is 1. The average Bonchev–Trinajstić information content (AvgIpc) is 2.59. The van der Waals surface area contributed by atoms with Crippen molar-refractivity contribution in [3.05, 3.63) is 58.7 Å². The van der Waals surface area contributed by atoms with E-state index >= 15 is 0 Å². The molecule has 1 aliphatic heterocycles. The van der Waals surface area contributed by atoms with Gasteiger partial charge in [0.25, 0.3) is 5.92 Å². The minimum Gasteiger partial charge on any atom is -0.497 e. The third-order valence-electron chi connectivity index (χ3n) is 4.50. The van der Waals surface area contributed by atoms with E-state index < -0.39 is 5.92 Å². The molecule has 3 rings (SSSR count). The van der Waals surface area contributed by atoms with Crippen LogP contribution in [0.3, 0.4) is 0 Å². The van der Waals surface area contributed by atoms with E-state index in [0.717, 1.165) is 22.6 Å². The van der Waals surface area contributed by atoms with Crippen molar-refractivity contribution in [3.8, 4) is 11.5 Å². The van der Waals surface area contributed by atoms with Crippen molar-refractivity contribution in [1.82, 2.24) is 5.32 Å². The summed E-state index contributed by atoms with van der Waals surface area (Å²) in [6.07, 6.45) is 0.610. The van der Waals surface area contributed by atoms with E-state index in [-0.39, 0.29) is 18.2 Å². The van der Waals surface area contributed by atoms with Crippen LogP contribution in [0.4, 0.5) is 8.78 Å². The van der Waals surface area contributed by atoms with Crippen molar-refractivity contribution in [2.75, 3.05) is 20.8 Å². The summed E-state index contributed by atoms with van der Waals surface area (Å²) in [4.78, 5) is 0. The highest BCUT2D eigenvalue weighted by molar-refractivity contribution is 5.45. The molecule has 5 heteroatoms. The second kappa shape index (κ2) is 6.40. The third-order valence-corrected chi connectivity index (χ3v) is 4.50. The number of halogens is 2. The molecule has 3 nitrogen and oxygen atoms in total. The molecule has 1 N–H and O–H groups in total. The Kier molecular flexibility index (Phi) is 4.45. The lowest BCUT2D eigenvalue weighted by molar-refractivity contribution is -0.0143. The third kappa shape index (κ3) is 3.08. The van der Waals surface area contributed by atoms with Crippen molar-refractivity contribution in [2.45, 2.75) is 25.3 Å². The lowest BCUT2D eigenvalue weighted by atomic mass is 9.89. The predicted molar refractivity (Wildman–Crippen MR) is 89.1 cm³/mol. The molecule has 1 aliphatic rings. The molecular formula is C19H21F2NO2. The molecule has 0 saturated carbocycles. The molecular weight excluding hydrogens is 312 g/mol. The lowest BCUT2D eigenvalue weighted by Crippen LogP contribution is -2.39. The predicted octanol–water partition coefficient (Wildman–Crippen LogP) is 4.05. The Morgan fingerprint density at radius 2 is 1.92 bits per heavy atom. The number of methoxy groups -OCH3 is 2. The van der Waals surface area contributed by atoms with Gasteiger partial charge in [-0.3, -0.25) is 0 Å². The molecule has 24 heavy (non-hydrogen) atoms. The van der Waals surface area contributed by atoms with Crippen molar-refractivity contribution in [2.24, 2.45) is 0 Å². The first-order valence-electron chi connectivity index (χ1n) is 7.90. The summed E-state index contributed by atoms with van der Waals surface area (Å²) in [7, 11) is 3.21. The molecule has 0 spiro atoms. The molecule has 0 amide bonds. The highest BCUT2D eigenvalue weighted by Crippen LogP contribution is 2.38. The molecule has 1 unspecified atom stereocenters. The summed E-state index contributed by atoms with van der Waals surface area (Å²) < 4.78 is 38.7. The fourth-order valence-corrected chi connectivity index (χ4v) is 3.12. The lowest BCUT2D eigenvalue weighted by Gasteiger charge is -2.31. The molecule has 0 saturated heterocycles. The van der Waals surface area contributed by atoms with Crippen LogP contribution in [-0.4, -0.2) is 20.8 Å². The summed E-state index contributed by atoms with van der Waals surface area (Å²) in [6, 6.07) is 10.7. The van der Waals surface area contributed by atoms with Gasteiger partial charge in [-0.25, -0.2) is 0 Å². The van der Waals surface area contributed by atoms with Gasteiger partial charge in [0.1, 0.15) is 11.5 Å². The Hall–Kier alpha value is -2.14. The Morgan fingerprint density at radius 1 is 1.12 bits per heavy atom. The largest absolute Gasteiger partial charge is 0.497 e. The standard InChI is InChI=1S/C19H21F2NO2/c1-12-16-9-13(4-7-17(16)19(20,21)11-22-12)8-14-5-6-15(23-2)10-18(14)24-3/h4-7,9-10,12,22H,8,11H2,1-3H3. The van der Waals surface area contributed by atoms with E-state index in [0.29, 0.717) is 12.0 Å². The van der Waals surface area contributed by atoms with Crippen molar-refractivity contribution in [1.29, 1.82) is 0 Å². The van der Waals surface area contributed by atoms with Crippen molar-refractivity contribution >= 4 is 0 Å². The summed E-state index contributed by atoms with van der Waals surface area (Å²) in [5, 5.41) is 2.87. The quantitative estimate of drug-likeness (QED) is 0.916. The number of hydrogen-bond acceptors (Lipinski definition) is 3. The first-order chi connectivity index (χ1) is 11.4. The maximum Gasteiger partial charge on any atom is 0.285 e. The summed E-state index contributed by atoms with van der Waals surface area (Å²) in [5.41, 5.74) is 2.75. The number of benzene rings is 2. The first kappa shape index (κ1) is 16.7. The molecule has 0 radical (unpaired) electrons. The zero-order valence-corrected chi connectivity index (χ0v) is 14.0. The van der Waals surface area contributed by atoms with Crippen LogP contribution < -0.4 is 14.8 Å². The van der Waals surface area contributed by atoms with Gasteiger partial charge in [0.15, 0.2) is 0 Å². The van der Waals surface area contributed by atoms with Crippen LogP contribution in [0, 0.1) is 0 Å². The second-order valence-electron chi connectivity index (χ2n) is 6.08. The fraction of sp³-hybridized carbons (Fsp3) is 0.368. The highest BCUT2D eigenvalue weighted by atomic mass is 19.3. The number of fused-ring (bicyclic) bond motifs is 1. The van der Waals surface area contributed by atoms with E-state index in [1.165, 1.54) is 0 Å². The van der Waals surface area contributed by atoms with E-state index in [9.17, 15) is 8.78 Å². The van der Waals surface area contributed by atoms with E-state index in [4.69, 9.17) is 9.47 Å². The Balaban J connectivity index is 1.93. The van der Waals surface area contributed by atoms with Gasteiger partial charge in [-0.1, -0.05) is 24.3 Å². The number of alkyl halides is 2. The highest BCUT2D eigenvalue weighted by Gasteiger charge is 2.38. The van der Waals surface area contributed by atoms with Crippen LogP contribution in [0.1, 0.15) is 35.2 Å². The summed E-state index contributed by atoms with van der Waals surface area (Å²) >= 11 is 0. The topological polar surface area (TPSA) is 30.5 Å². The average molecular weight is 333 g/mol. The Labute approximate surface area is 140 Å². The van der Waals surface area contributed by atoms with Gasteiger partial charge in [-0.2, -0.15) is 8.78 Å². The molecule has 0 fully saturated rings. The van der Waals surface area contributed by atoms with Gasteiger partial charge in [-0.05, 0) is 29.7 Å². The number of hydrogen-bond donors (Lipinski definition) is 1. The smallest absolute Gasteiger partial charge is 0.285 e. The molecule has 128 valence electrons. The van der Waals surface area contributed by atoms with Crippen LogP contribution in [0.15, 0.2) is 36.4 Å². The van der Waals surface area contributed by atoms with Crippen LogP contribution in [-0.2, 0) is 12.3 Å². The van der Waals surface area contributed by atoms with Gasteiger partial charge < -0.3 is 14.8 Å². The van der Waals surface area contributed by atoms with Crippen molar-refractivity contribution < 1.29 is 18.3 Å². The van der Waals surface area contributed by atoms with E-state index in [1.807, 2.05) is 31.2 Å². The van der Waals surface area contributed by atoms with Crippen LogP contribution in [0.2, 0.25) is 0 Å².